The molecule has 0 bridgehead atoms. The van der Waals surface area contributed by atoms with E-state index < -0.39 is 0 Å². The summed E-state index contributed by atoms with van der Waals surface area (Å²) in [7, 11) is 0. The molecule has 0 aliphatic heterocycles. The number of halogens is 1. The smallest absolute Gasteiger partial charge is 0.203 e. The van der Waals surface area contributed by atoms with Crippen LogP contribution in [0.5, 0.6) is 0 Å². The van der Waals surface area contributed by atoms with Gasteiger partial charge < -0.3 is 5.32 Å². The van der Waals surface area contributed by atoms with Crippen LogP contribution >= 0.6 is 0 Å². The van der Waals surface area contributed by atoms with E-state index in [9.17, 15) is 4.39 Å². The van der Waals surface area contributed by atoms with E-state index in [1.807, 2.05) is 30.5 Å². The molecule has 21 heavy (non-hydrogen) atoms. The summed E-state index contributed by atoms with van der Waals surface area (Å²) in [5.74, 6) is 1.22. The Morgan fingerprint density at radius 1 is 1.24 bits per heavy atom. The lowest BCUT2D eigenvalue weighted by Crippen LogP contribution is -2.10. The molecule has 0 radical (unpaired) electrons. The lowest BCUT2D eigenvalue weighted by molar-refractivity contribution is 0.614. The third kappa shape index (κ3) is 2.44. The van der Waals surface area contributed by atoms with Crippen molar-refractivity contribution in [3.05, 3.63) is 53.4 Å². The van der Waals surface area contributed by atoms with Crippen LogP contribution in [0.2, 0.25) is 0 Å². The van der Waals surface area contributed by atoms with E-state index in [1.165, 1.54) is 0 Å². The van der Waals surface area contributed by atoms with E-state index in [4.69, 9.17) is 0 Å². The highest BCUT2D eigenvalue weighted by atomic mass is 19.1. The highest BCUT2D eigenvalue weighted by molar-refractivity contribution is 5.62. The lowest BCUT2D eigenvalue weighted by atomic mass is 10.1. The minimum absolute atomic E-state index is 0.0872. The van der Waals surface area contributed by atoms with Gasteiger partial charge in [0.15, 0.2) is 5.82 Å². The van der Waals surface area contributed by atoms with Gasteiger partial charge in [-0.3, -0.25) is 4.40 Å². The maximum atomic E-state index is 13.7. The highest BCUT2D eigenvalue weighted by Gasteiger charge is 2.12. The zero-order chi connectivity index (χ0) is 15.0. The fraction of sp³-hybridized carbons (Fsp3) is 0.267. The van der Waals surface area contributed by atoms with Gasteiger partial charge in [0.25, 0.3) is 0 Å². The Bertz CT molecular complexity index is 796. The van der Waals surface area contributed by atoms with Crippen molar-refractivity contribution in [1.82, 2.24) is 19.6 Å². The summed E-state index contributed by atoms with van der Waals surface area (Å²) in [6.07, 6.45) is 3.50. The van der Waals surface area contributed by atoms with Crippen LogP contribution in [-0.2, 0) is 0 Å². The number of rotatable bonds is 3. The van der Waals surface area contributed by atoms with Gasteiger partial charge in [-0.25, -0.2) is 9.37 Å². The van der Waals surface area contributed by atoms with Gasteiger partial charge >= 0.3 is 0 Å². The molecule has 0 fully saturated rings. The van der Waals surface area contributed by atoms with Crippen LogP contribution in [0.3, 0.4) is 0 Å². The van der Waals surface area contributed by atoms with E-state index in [0.29, 0.717) is 17.0 Å². The van der Waals surface area contributed by atoms with E-state index in [0.717, 1.165) is 11.4 Å². The maximum Gasteiger partial charge on any atom is 0.203 e. The normalized spacial score (nSPS) is 12.6. The highest BCUT2D eigenvalue weighted by Crippen LogP contribution is 2.22. The van der Waals surface area contributed by atoms with E-state index in [2.05, 4.69) is 20.5 Å². The van der Waals surface area contributed by atoms with Gasteiger partial charge in [0.1, 0.15) is 11.6 Å². The van der Waals surface area contributed by atoms with Crippen molar-refractivity contribution in [1.29, 1.82) is 0 Å². The fourth-order valence-electron chi connectivity index (χ4n) is 2.21. The molecule has 0 saturated heterocycles. The van der Waals surface area contributed by atoms with Crippen LogP contribution in [0.1, 0.15) is 29.9 Å². The summed E-state index contributed by atoms with van der Waals surface area (Å²) in [6.45, 7) is 5.58. The van der Waals surface area contributed by atoms with Crippen molar-refractivity contribution in [2.45, 2.75) is 26.8 Å². The predicted octanol–water partition coefficient (Wildman–Crippen LogP) is 3.05. The van der Waals surface area contributed by atoms with Crippen LogP contribution < -0.4 is 5.32 Å². The van der Waals surface area contributed by atoms with Crippen molar-refractivity contribution in [2.75, 3.05) is 5.32 Å². The Morgan fingerprint density at radius 2 is 2.05 bits per heavy atom. The van der Waals surface area contributed by atoms with Crippen molar-refractivity contribution >= 4 is 11.5 Å². The topological polar surface area (TPSA) is 55.1 Å². The molecule has 0 amide bonds. The molecule has 2 aromatic heterocycles. The first-order chi connectivity index (χ1) is 10.1. The van der Waals surface area contributed by atoms with Crippen LogP contribution in [0.4, 0.5) is 10.2 Å². The Balaban J connectivity index is 1.92. The summed E-state index contributed by atoms with van der Waals surface area (Å²) in [5.41, 5.74) is 2.16. The van der Waals surface area contributed by atoms with Crippen molar-refractivity contribution in [3.8, 4) is 0 Å². The number of aromatic nitrogens is 4. The Labute approximate surface area is 121 Å². The van der Waals surface area contributed by atoms with Crippen LogP contribution in [0.15, 0.2) is 30.6 Å². The number of hydrogen-bond acceptors (Lipinski definition) is 4. The molecule has 5 nitrogen and oxygen atoms in total. The quantitative estimate of drug-likeness (QED) is 0.803. The van der Waals surface area contributed by atoms with E-state index in [-0.39, 0.29) is 11.9 Å². The standard InChI is InChI=1S/C15H16FN5/c1-9-4-5-12(8-13(9)16)10(2)18-14-15-20-19-11(3)21(15)7-6-17-14/h4-8,10H,1-3H3,(H,17,18). The predicted molar refractivity (Wildman–Crippen MR) is 78.7 cm³/mol. The lowest BCUT2D eigenvalue weighted by Gasteiger charge is -2.15. The maximum absolute atomic E-state index is 13.7. The Hall–Kier alpha value is -2.50. The minimum atomic E-state index is -0.203. The molecular formula is C15H16FN5. The number of fused-ring (bicyclic) bond motifs is 1. The molecular weight excluding hydrogens is 269 g/mol. The van der Waals surface area contributed by atoms with Crippen LogP contribution in [-0.4, -0.2) is 19.6 Å². The first-order valence-electron chi connectivity index (χ1n) is 6.75. The zero-order valence-electron chi connectivity index (χ0n) is 12.1. The van der Waals surface area contributed by atoms with Gasteiger partial charge in [-0.15, -0.1) is 10.2 Å². The first kappa shape index (κ1) is 13.5. The monoisotopic (exact) mass is 285 g/mol. The second-order valence-electron chi connectivity index (χ2n) is 5.09. The number of aryl methyl sites for hydroxylation is 2. The second kappa shape index (κ2) is 5.12. The van der Waals surface area contributed by atoms with Crippen LogP contribution in [0.25, 0.3) is 5.65 Å². The molecule has 0 aliphatic carbocycles. The third-order valence-electron chi connectivity index (χ3n) is 3.55. The van der Waals surface area contributed by atoms with Gasteiger partial charge in [0, 0.05) is 12.4 Å². The average Bonchev–Trinajstić information content (AvgIpc) is 2.85. The molecule has 0 aliphatic rings. The molecule has 1 aromatic carbocycles. The van der Waals surface area contributed by atoms with Gasteiger partial charge in [-0.2, -0.15) is 0 Å². The summed E-state index contributed by atoms with van der Waals surface area (Å²) in [5, 5.41) is 11.4. The fourth-order valence-corrected chi connectivity index (χ4v) is 2.21. The molecule has 3 aromatic rings. The molecule has 108 valence electrons. The molecule has 3 rings (SSSR count). The molecule has 0 saturated carbocycles. The molecule has 1 unspecified atom stereocenters. The van der Waals surface area contributed by atoms with Gasteiger partial charge in [-0.05, 0) is 38.0 Å². The first-order valence-corrected chi connectivity index (χ1v) is 6.75. The van der Waals surface area contributed by atoms with Crippen molar-refractivity contribution in [2.24, 2.45) is 0 Å². The van der Waals surface area contributed by atoms with E-state index in [1.54, 1.807) is 25.3 Å². The number of nitrogens with one attached hydrogen (secondary N) is 1. The summed E-state index contributed by atoms with van der Waals surface area (Å²) < 4.78 is 15.5. The summed E-state index contributed by atoms with van der Waals surface area (Å²) >= 11 is 0. The zero-order valence-corrected chi connectivity index (χ0v) is 12.1. The molecule has 0 spiro atoms. The summed E-state index contributed by atoms with van der Waals surface area (Å²) in [4.78, 5) is 4.30. The molecule has 6 heteroatoms. The van der Waals surface area contributed by atoms with Crippen molar-refractivity contribution in [3.63, 3.8) is 0 Å². The largest absolute Gasteiger partial charge is 0.360 e. The number of hydrogen-bond donors (Lipinski definition) is 1. The average molecular weight is 285 g/mol. The molecule has 1 atom stereocenters. The van der Waals surface area contributed by atoms with Crippen molar-refractivity contribution < 1.29 is 4.39 Å². The SMILES string of the molecule is Cc1ccc(C(C)Nc2nccn3c(C)nnc23)cc1F. The molecule has 1 N–H and O–H groups in total. The Kier molecular flexibility index (Phi) is 3.29. The third-order valence-corrected chi connectivity index (χ3v) is 3.55. The van der Waals surface area contributed by atoms with Gasteiger partial charge in [0.05, 0.1) is 6.04 Å². The minimum Gasteiger partial charge on any atom is -0.360 e. The Morgan fingerprint density at radius 3 is 2.81 bits per heavy atom. The van der Waals surface area contributed by atoms with E-state index >= 15 is 0 Å². The van der Waals surface area contributed by atoms with Gasteiger partial charge in [-0.1, -0.05) is 12.1 Å². The van der Waals surface area contributed by atoms with Gasteiger partial charge in [0.2, 0.25) is 5.65 Å². The number of nitrogens with zero attached hydrogens (tertiary/aromatic N) is 4. The number of anilines is 1. The number of benzene rings is 1. The van der Waals surface area contributed by atoms with Crippen LogP contribution in [0, 0.1) is 19.7 Å². The molecule has 2 heterocycles. The summed E-state index contributed by atoms with van der Waals surface area (Å²) in [6, 6.07) is 5.14. The second-order valence-corrected chi connectivity index (χ2v) is 5.09.